The smallest absolute Gasteiger partial charge is 0.256 e. The van der Waals surface area contributed by atoms with Gasteiger partial charge in [0.2, 0.25) is 5.91 Å². The van der Waals surface area contributed by atoms with Crippen molar-refractivity contribution in [3.63, 3.8) is 0 Å². The topological polar surface area (TPSA) is 95.2 Å². The minimum absolute atomic E-state index is 0.0375. The largest absolute Gasteiger partial charge is 0.325 e. The molecular formula is C24H23FN4O3S. The molecule has 3 aromatic rings. The van der Waals surface area contributed by atoms with Crippen LogP contribution in [0.2, 0.25) is 0 Å². The quantitative estimate of drug-likeness (QED) is 0.315. The summed E-state index contributed by atoms with van der Waals surface area (Å²) in [5.74, 6) is -0.453. The van der Waals surface area contributed by atoms with E-state index in [1.807, 2.05) is 0 Å². The molecule has 2 N–H and O–H groups in total. The molecule has 0 bridgehead atoms. The second-order valence-corrected chi connectivity index (χ2v) is 8.82. The summed E-state index contributed by atoms with van der Waals surface area (Å²) in [6.07, 6.45) is 0.628. The lowest BCUT2D eigenvalue weighted by atomic mass is 10.1. The standard InChI is InChI=1S/C24H23FN4O3S/c1-15(30)17-4-8-19(9-5-17)26-22(31)14-33-24-27-21-10-11-29(13-20(21)23(32)28-24)12-16-2-6-18(25)7-3-16/h2-9H,10-14H2,1H3,(H,26,31)(H,27,28,32). The highest BCUT2D eigenvalue weighted by Crippen LogP contribution is 2.20. The molecule has 170 valence electrons. The van der Waals surface area contributed by atoms with Gasteiger partial charge in [-0.05, 0) is 48.9 Å². The maximum Gasteiger partial charge on any atom is 0.256 e. The predicted molar refractivity (Wildman–Crippen MR) is 125 cm³/mol. The molecule has 0 unspecified atom stereocenters. The van der Waals surface area contributed by atoms with Crippen molar-refractivity contribution in [3.05, 3.63) is 87.1 Å². The first-order valence-electron chi connectivity index (χ1n) is 10.5. The lowest BCUT2D eigenvalue weighted by molar-refractivity contribution is -0.113. The summed E-state index contributed by atoms with van der Waals surface area (Å²) >= 11 is 1.17. The molecule has 0 spiro atoms. The molecule has 0 aliphatic carbocycles. The van der Waals surface area contributed by atoms with Gasteiger partial charge in [-0.3, -0.25) is 19.3 Å². The number of hydrogen-bond donors (Lipinski definition) is 2. The zero-order valence-electron chi connectivity index (χ0n) is 18.1. The number of ketones is 1. The van der Waals surface area contributed by atoms with E-state index >= 15 is 0 Å². The van der Waals surface area contributed by atoms with Gasteiger partial charge in [0.05, 0.1) is 17.0 Å². The highest BCUT2D eigenvalue weighted by Gasteiger charge is 2.21. The number of hydrogen-bond acceptors (Lipinski definition) is 6. The number of fused-ring (bicyclic) bond motifs is 1. The summed E-state index contributed by atoms with van der Waals surface area (Å²) in [7, 11) is 0. The highest BCUT2D eigenvalue weighted by molar-refractivity contribution is 7.99. The zero-order chi connectivity index (χ0) is 23.4. The summed E-state index contributed by atoms with van der Waals surface area (Å²) in [4.78, 5) is 45.7. The molecular weight excluding hydrogens is 443 g/mol. The minimum atomic E-state index is -0.270. The van der Waals surface area contributed by atoms with Gasteiger partial charge in [-0.25, -0.2) is 9.37 Å². The normalized spacial score (nSPS) is 13.4. The van der Waals surface area contributed by atoms with Crippen LogP contribution in [0.1, 0.15) is 34.1 Å². The van der Waals surface area contributed by atoms with Crippen molar-refractivity contribution in [1.82, 2.24) is 14.9 Å². The second-order valence-electron chi connectivity index (χ2n) is 7.85. The van der Waals surface area contributed by atoms with E-state index in [-0.39, 0.29) is 28.8 Å². The van der Waals surface area contributed by atoms with E-state index in [0.29, 0.717) is 41.5 Å². The molecule has 2 heterocycles. The molecule has 0 saturated carbocycles. The number of carbonyl (C=O) groups is 2. The maximum absolute atomic E-state index is 13.1. The molecule has 0 radical (unpaired) electrons. The molecule has 0 saturated heterocycles. The first-order valence-corrected chi connectivity index (χ1v) is 11.5. The van der Waals surface area contributed by atoms with Crippen LogP contribution < -0.4 is 10.9 Å². The van der Waals surface area contributed by atoms with Gasteiger partial charge in [-0.2, -0.15) is 0 Å². The summed E-state index contributed by atoms with van der Waals surface area (Å²) in [6, 6.07) is 13.0. The van der Waals surface area contributed by atoms with E-state index in [1.165, 1.54) is 30.8 Å². The van der Waals surface area contributed by atoms with E-state index < -0.39 is 0 Å². The Morgan fingerprint density at radius 1 is 1.15 bits per heavy atom. The maximum atomic E-state index is 13.1. The Kier molecular flexibility index (Phi) is 7.00. The average molecular weight is 467 g/mol. The minimum Gasteiger partial charge on any atom is -0.325 e. The summed E-state index contributed by atoms with van der Waals surface area (Å²) < 4.78 is 13.1. The van der Waals surface area contributed by atoms with Crippen molar-refractivity contribution in [2.45, 2.75) is 31.6 Å². The Morgan fingerprint density at radius 3 is 2.58 bits per heavy atom. The summed E-state index contributed by atoms with van der Waals surface area (Å²) in [6.45, 7) is 3.32. The Labute approximate surface area is 194 Å². The van der Waals surface area contributed by atoms with Crippen LogP contribution in [0.15, 0.2) is 58.5 Å². The fourth-order valence-electron chi connectivity index (χ4n) is 3.63. The number of rotatable bonds is 7. The Balaban J connectivity index is 1.34. The first-order chi connectivity index (χ1) is 15.9. The molecule has 4 rings (SSSR count). The highest BCUT2D eigenvalue weighted by atomic mass is 32.2. The number of nitrogens with one attached hydrogen (secondary N) is 2. The number of aromatic nitrogens is 2. The lowest BCUT2D eigenvalue weighted by Crippen LogP contribution is -2.35. The summed E-state index contributed by atoms with van der Waals surface area (Å²) in [5.41, 5.74) is 3.33. The molecule has 1 amide bonds. The fraction of sp³-hybridized carbons (Fsp3) is 0.250. The van der Waals surface area contributed by atoms with E-state index in [9.17, 15) is 18.8 Å². The van der Waals surface area contributed by atoms with Gasteiger partial charge < -0.3 is 10.3 Å². The van der Waals surface area contributed by atoms with Crippen molar-refractivity contribution < 1.29 is 14.0 Å². The average Bonchev–Trinajstić information content (AvgIpc) is 2.80. The third-order valence-electron chi connectivity index (χ3n) is 5.36. The van der Waals surface area contributed by atoms with E-state index in [0.717, 1.165) is 17.8 Å². The monoisotopic (exact) mass is 466 g/mol. The predicted octanol–water partition coefficient (Wildman–Crippen LogP) is 3.40. The van der Waals surface area contributed by atoms with Crippen LogP contribution in [0.5, 0.6) is 0 Å². The van der Waals surface area contributed by atoms with Crippen LogP contribution in [0.3, 0.4) is 0 Å². The number of benzene rings is 2. The molecule has 0 atom stereocenters. The van der Waals surface area contributed by atoms with Gasteiger partial charge >= 0.3 is 0 Å². The number of amides is 1. The lowest BCUT2D eigenvalue weighted by Gasteiger charge is -2.27. The van der Waals surface area contributed by atoms with Crippen LogP contribution in [-0.4, -0.2) is 38.9 Å². The van der Waals surface area contributed by atoms with Gasteiger partial charge in [-0.15, -0.1) is 0 Å². The van der Waals surface area contributed by atoms with E-state index in [4.69, 9.17) is 0 Å². The van der Waals surface area contributed by atoms with Gasteiger partial charge in [0.1, 0.15) is 5.82 Å². The number of nitrogens with zero attached hydrogens (tertiary/aromatic N) is 2. The third-order valence-corrected chi connectivity index (χ3v) is 6.23. The van der Waals surface area contributed by atoms with E-state index in [1.54, 1.807) is 36.4 Å². The van der Waals surface area contributed by atoms with Gasteiger partial charge in [-0.1, -0.05) is 23.9 Å². The molecule has 0 fully saturated rings. The SMILES string of the molecule is CC(=O)c1ccc(NC(=O)CSc2nc3c(c(=O)[nH]2)CN(Cc2ccc(F)cc2)CC3)cc1. The van der Waals surface area contributed by atoms with Crippen molar-refractivity contribution >= 4 is 29.1 Å². The number of thioether (sulfide) groups is 1. The van der Waals surface area contributed by atoms with Crippen molar-refractivity contribution in [3.8, 4) is 0 Å². The molecule has 1 aliphatic heterocycles. The van der Waals surface area contributed by atoms with Crippen molar-refractivity contribution in [2.75, 3.05) is 17.6 Å². The molecule has 1 aromatic heterocycles. The third kappa shape index (κ3) is 5.94. The van der Waals surface area contributed by atoms with Crippen LogP contribution >= 0.6 is 11.8 Å². The van der Waals surface area contributed by atoms with Crippen LogP contribution in [-0.2, 0) is 24.3 Å². The number of halogens is 1. The number of carbonyl (C=O) groups excluding carboxylic acids is 2. The molecule has 1 aliphatic rings. The van der Waals surface area contributed by atoms with Crippen LogP contribution in [0.4, 0.5) is 10.1 Å². The number of H-pyrrole nitrogens is 1. The van der Waals surface area contributed by atoms with E-state index in [2.05, 4.69) is 20.2 Å². The Morgan fingerprint density at radius 2 is 1.88 bits per heavy atom. The zero-order valence-corrected chi connectivity index (χ0v) is 18.9. The molecule has 2 aromatic carbocycles. The van der Waals surface area contributed by atoms with Gasteiger partial charge in [0.15, 0.2) is 10.9 Å². The van der Waals surface area contributed by atoms with Gasteiger partial charge in [0.25, 0.3) is 5.56 Å². The first kappa shape index (κ1) is 22.9. The molecule has 9 heteroatoms. The Bertz CT molecular complexity index is 1230. The fourth-order valence-corrected chi connectivity index (χ4v) is 4.31. The van der Waals surface area contributed by atoms with Crippen molar-refractivity contribution in [2.24, 2.45) is 0 Å². The van der Waals surface area contributed by atoms with Gasteiger partial charge in [0, 0.05) is 37.3 Å². The number of anilines is 1. The van der Waals surface area contributed by atoms with Crippen LogP contribution in [0.25, 0.3) is 0 Å². The number of Topliss-reactive ketones (excluding diaryl/α,β-unsaturated/α-hetero) is 1. The second kappa shape index (κ2) is 10.1. The Hall–Kier alpha value is -3.30. The number of aromatic amines is 1. The molecule has 33 heavy (non-hydrogen) atoms. The summed E-state index contributed by atoms with van der Waals surface area (Å²) in [5, 5.41) is 3.18. The van der Waals surface area contributed by atoms with Crippen molar-refractivity contribution in [1.29, 1.82) is 0 Å². The molecule has 7 nitrogen and oxygen atoms in total. The van der Waals surface area contributed by atoms with Crippen LogP contribution in [0, 0.1) is 5.82 Å².